The summed E-state index contributed by atoms with van der Waals surface area (Å²) in [6, 6.07) is 0. The Morgan fingerprint density at radius 1 is 0.379 bits per heavy atom. The normalized spacial score (nSPS) is 11.4. The Balaban J connectivity index is 2.97. The van der Waals surface area contributed by atoms with Crippen molar-refractivity contribution in [1.29, 1.82) is 0 Å². The molecule has 0 saturated heterocycles. The highest BCUT2D eigenvalue weighted by atomic mass is 16.5. The number of rotatable bonds is 26. The van der Waals surface area contributed by atoms with Crippen LogP contribution >= 0.6 is 0 Å². The van der Waals surface area contributed by atoms with Gasteiger partial charge in [0.05, 0.1) is 0 Å². The maximum atomic E-state index is 5.73. The molecule has 3 heteroatoms. The number of unbranched alkanes of at least 4 members (excludes halogenated alkanes) is 14. The van der Waals surface area contributed by atoms with E-state index in [-0.39, 0.29) is 0 Å². The molecular formula is C26H55NO2. The molecule has 0 saturated carbocycles. The fourth-order valence-electron chi connectivity index (χ4n) is 3.60. The van der Waals surface area contributed by atoms with Gasteiger partial charge in [-0.1, -0.05) is 104 Å². The average Bonchev–Trinajstić information content (AvgIpc) is 2.74. The lowest BCUT2D eigenvalue weighted by atomic mass is 10.1. The number of nitrogens with one attached hydrogen (secondary N) is 1. The molecule has 0 amide bonds. The Kier molecular flexibility index (Phi) is 27.8. The maximum Gasteiger partial charge on any atom is 0.0478 e. The van der Waals surface area contributed by atoms with Crippen LogP contribution in [0.2, 0.25) is 0 Å². The summed E-state index contributed by atoms with van der Waals surface area (Å²) < 4.78 is 11.5. The summed E-state index contributed by atoms with van der Waals surface area (Å²) in [4.78, 5) is 0. The Hall–Kier alpha value is -0.120. The summed E-state index contributed by atoms with van der Waals surface area (Å²) >= 11 is 0. The van der Waals surface area contributed by atoms with E-state index in [4.69, 9.17) is 9.47 Å². The minimum Gasteiger partial charge on any atom is -0.381 e. The lowest BCUT2D eigenvalue weighted by Crippen LogP contribution is -2.19. The third-order valence-corrected chi connectivity index (χ3v) is 5.57. The van der Waals surface area contributed by atoms with Gasteiger partial charge in [-0.25, -0.2) is 0 Å². The van der Waals surface area contributed by atoms with E-state index in [1.807, 2.05) is 0 Å². The molecule has 176 valence electrons. The second-order valence-corrected chi connectivity index (χ2v) is 8.63. The molecule has 0 aliphatic heterocycles. The Labute approximate surface area is 184 Å². The first-order valence-corrected chi connectivity index (χ1v) is 13.3. The van der Waals surface area contributed by atoms with Crippen molar-refractivity contribution in [3.05, 3.63) is 0 Å². The zero-order valence-electron chi connectivity index (χ0n) is 20.3. The van der Waals surface area contributed by atoms with Crippen molar-refractivity contribution in [2.24, 2.45) is 0 Å². The van der Waals surface area contributed by atoms with Gasteiger partial charge in [-0.15, -0.1) is 0 Å². The summed E-state index contributed by atoms with van der Waals surface area (Å²) in [6.45, 7) is 10.4. The monoisotopic (exact) mass is 413 g/mol. The molecule has 0 aromatic heterocycles. The van der Waals surface area contributed by atoms with Crippen LogP contribution in [-0.4, -0.2) is 39.5 Å². The Bertz CT molecular complexity index is 247. The van der Waals surface area contributed by atoms with Crippen LogP contribution in [0.15, 0.2) is 0 Å². The van der Waals surface area contributed by atoms with Crippen LogP contribution in [0.5, 0.6) is 0 Å². The van der Waals surface area contributed by atoms with Crippen LogP contribution in [-0.2, 0) is 9.47 Å². The quantitative estimate of drug-likeness (QED) is 0.148. The molecule has 0 aliphatic carbocycles. The summed E-state index contributed by atoms with van der Waals surface area (Å²) in [5.74, 6) is 0. The van der Waals surface area contributed by atoms with Crippen LogP contribution < -0.4 is 5.32 Å². The van der Waals surface area contributed by atoms with Crippen LogP contribution in [0.3, 0.4) is 0 Å². The zero-order valence-corrected chi connectivity index (χ0v) is 20.3. The second kappa shape index (κ2) is 27.9. The highest BCUT2D eigenvalue weighted by molar-refractivity contribution is 4.50. The van der Waals surface area contributed by atoms with E-state index >= 15 is 0 Å². The van der Waals surface area contributed by atoms with Gasteiger partial charge in [0.2, 0.25) is 0 Å². The number of hydrogen-bond acceptors (Lipinski definition) is 3. The molecule has 0 bridgehead atoms. The molecule has 3 nitrogen and oxygen atoms in total. The molecule has 0 unspecified atom stereocenters. The van der Waals surface area contributed by atoms with Crippen molar-refractivity contribution < 1.29 is 9.47 Å². The first-order valence-electron chi connectivity index (χ1n) is 13.3. The van der Waals surface area contributed by atoms with E-state index in [9.17, 15) is 0 Å². The lowest BCUT2D eigenvalue weighted by Gasteiger charge is -2.07. The predicted molar refractivity (Wildman–Crippen MR) is 129 cm³/mol. The molecule has 0 fully saturated rings. The van der Waals surface area contributed by atoms with Crippen LogP contribution in [0.4, 0.5) is 0 Å². The Morgan fingerprint density at radius 2 is 0.690 bits per heavy atom. The molecule has 0 radical (unpaired) electrons. The predicted octanol–water partition coefficient (Wildman–Crippen LogP) is 7.67. The molecule has 1 N–H and O–H groups in total. The van der Waals surface area contributed by atoms with E-state index in [1.54, 1.807) is 0 Å². The average molecular weight is 414 g/mol. The molecular weight excluding hydrogens is 358 g/mol. The number of ether oxygens (including phenoxy) is 2. The molecule has 0 aliphatic rings. The minimum atomic E-state index is 0.901. The van der Waals surface area contributed by atoms with Crippen LogP contribution in [0.1, 0.15) is 129 Å². The van der Waals surface area contributed by atoms with E-state index in [2.05, 4.69) is 19.2 Å². The van der Waals surface area contributed by atoms with Gasteiger partial charge in [-0.3, -0.25) is 0 Å². The first-order chi connectivity index (χ1) is 14.4. The van der Waals surface area contributed by atoms with Gasteiger partial charge in [0.15, 0.2) is 0 Å². The van der Waals surface area contributed by atoms with Gasteiger partial charge < -0.3 is 14.8 Å². The minimum absolute atomic E-state index is 0.901. The van der Waals surface area contributed by atoms with Crippen LogP contribution in [0, 0.1) is 0 Å². The molecule has 0 aromatic carbocycles. The van der Waals surface area contributed by atoms with Gasteiger partial charge in [0, 0.05) is 26.4 Å². The fraction of sp³-hybridized carbons (Fsp3) is 1.00. The molecule has 0 heterocycles. The highest BCUT2D eigenvalue weighted by Crippen LogP contribution is 2.09. The fourth-order valence-corrected chi connectivity index (χ4v) is 3.60. The van der Waals surface area contributed by atoms with Crippen molar-refractivity contribution in [2.45, 2.75) is 129 Å². The molecule has 0 spiro atoms. The van der Waals surface area contributed by atoms with Crippen molar-refractivity contribution in [2.75, 3.05) is 39.5 Å². The summed E-state index contributed by atoms with van der Waals surface area (Å²) in [5.41, 5.74) is 0. The standard InChI is InChI=1S/C26H55NO2/c1-3-5-7-9-11-13-15-17-23-28-25-19-21-27-22-20-26-29-24-18-16-14-12-10-8-6-4-2/h27H,3-26H2,1-2H3. The Morgan fingerprint density at radius 3 is 1.07 bits per heavy atom. The highest BCUT2D eigenvalue weighted by Gasteiger charge is 1.95. The van der Waals surface area contributed by atoms with Gasteiger partial charge >= 0.3 is 0 Å². The molecule has 0 atom stereocenters. The van der Waals surface area contributed by atoms with Crippen molar-refractivity contribution in [3.63, 3.8) is 0 Å². The van der Waals surface area contributed by atoms with Gasteiger partial charge in [-0.2, -0.15) is 0 Å². The lowest BCUT2D eigenvalue weighted by molar-refractivity contribution is 0.123. The third-order valence-electron chi connectivity index (χ3n) is 5.57. The second-order valence-electron chi connectivity index (χ2n) is 8.63. The largest absolute Gasteiger partial charge is 0.381 e. The zero-order chi connectivity index (χ0) is 21.1. The molecule has 0 aromatic rings. The SMILES string of the molecule is CCCCCCCCCCOCCCNCCCOCCCCCCCCCC. The third kappa shape index (κ3) is 27.9. The van der Waals surface area contributed by atoms with Crippen molar-refractivity contribution >= 4 is 0 Å². The maximum absolute atomic E-state index is 5.73. The summed E-state index contributed by atoms with van der Waals surface area (Å²) in [5, 5.41) is 3.50. The molecule has 29 heavy (non-hydrogen) atoms. The summed E-state index contributed by atoms with van der Waals surface area (Å²) in [7, 11) is 0. The number of hydrogen-bond donors (Lipinski definition) is 1. The van der Waals surface area contributed by atoms with E-state index in [1.165, 1.54) is 103 Å². The van der Waals surface area contributed by atoms with E-state index < -0.39 is 0 Å². The topological polar surface area (TPSA) is 30.5 Å². The smallest absolute Gasteiger partial charge is 0.0478 e. The summed E-state index contributed by atoms with van der Waals surface area (Å²) in [6.07, 6.45) is 24.2. The molecule has 0 rings (SSSR count). The van der Waals surface area contributed by atoms with E-state index in [0.717, 1.165) is 52.4 Å². The van der Waals surface area contributed by atoms with Crippen LogP contribution in [0.25, 0.3) is 0 Å². The van der Waals surface area contributed by atoms with Gasteiger partial charge in [0.1, 0.15) is 0 Å². The van der Waals surface area contributed by atoms with Crippen molar-refractivity contribution in [3.8, 4) is 0 Å². The first kappa shape index (κ1) is 28.9. The van der Waals surface area contributed by atoms with Crippen molar-refractivity contribution in [1.82, 2.24) is 5.32 Å². The van der Waals surface area contributed by atoms with E-state index in [0.29, 0.717) is 0 Å². The van der Waals surface area contributed by atoms with Gasteiger partial charge in [-0.05, 0) is 38.8 Å². The van der Waals surface area contributed by atoms with Gasteiger partial charge in [0.25, 0.3) is 0 Å².